The molecule has 2 rings (SSSR count). The van der Waals surface area contributed by atoms with Crippen LogP contribution in [-0.2, 0) is 0 Å². The van der Waals surface area contributed by atoms with Crippen LogP contribution in [0.3, 0.4) is 0 Å². The van der Waals surface area contributed by atoms with Crippen molar-refractivity contribution < 1.29 is 4.74 Å². The molecule has 1 heterocycles. The lowest BCUT2D eigenvalue weighted by Crippen LogP contribution is -1.97. The summed E-state index contributed by atoms with van der Waals surface area (Å²) in [5.74, 6) is 1.74. The molecule has 4 nitrogen and oxygen atoms in total. The minimum Gasteiger partial charge on any atom is -0.437 e. The molecule has 0 spiro atoms. The van der Waals surface area contributed by atoms with Crippen LogP contribution in [0.5, 0.6) is 11.6 Å². The van der Waals surface area contributed by atoms with Crippen molar-refractivity contribution in [2.45, 2.75) is 26.7 Å². The summed E-state index contributed by atoms with van der Waals surface area (Å²) in [5, 5.41) is 0.749. The molecule has 19 heavy (non-hydrogen) atoms. The number of nitrogen functional groups attached to an aromatic ring is 1. The fraction of sp³-hybridized carbons (Fsp3) is 0.286. The number of hydrogen-bond acceptors (Lipinski definition) is 4. The van der Waals surface area contributed by atoms with E-state index in [4.69, 9.17) is 22.1 Å². The van der Waals surface area contributed by atoms with Crippen LogP contribution in [0.4, 0.5) is 5.82 Å². The van der Waals surface area contributed by atoms with Gasteiger partial charge in [0.1, 0.15) is 11.6 Å². The van der Waals surface area contributed by atoms with Crippen molar-refractivity contribution in [1.82, 2.24) is 9.97 Å². The topological polar surface area (TPSA) is 61.0 Å². The molecule has 0 aliphatic heterocycles. The Morgan fingerprint density at radius 3 is 2.63 bits per heavy atom. The van der Waals surface area contributed by atoms with E-state index in [1.165, 1.54) is 12.4 Å². The second-order valence-corrected chi connectivity index (χ2v) is 5.09. The number of benzene rings is 1. The molecule has 0 unspecified atom stereocenters. The third kappa shape index (κ3) is 3.15. The molecule has 1 aromatic carbocycles. The van der Waals surface area contributed by atoms with Gasteiger partial charge in [-0.05, 0) is 36.1 Å². The first-order chi connectivity index (χ1) is 8.97. The van der Waals surface area contributed by atoms with Crippen molar-refractivity contribution in [3.8, 4) is 11.6 Å². The van der Waals surface area contributed by atoms with Gasteiger partial charge in [0.15, 0.2) is 0 Å². The van der Waals surface area contributed by atoms with Crippen molar-refractivity contribution >= 4 is 17.4 Å². The summed E-state index contributed by atoms with van der Waals surface area (Å²) in [5.41, 5.74) is 7.56. The Morgan fingerprint density at radius 2 is 2.00 bits per heavy atom. The largest absolute Gasteiger partial charge is 0.437 e. The number of halogens is 1. The van der Waals surface area contributed by atoms with E-state index in [2.05, 4.69) is 23.8 Å². The van der Waals surface area contributed by atoms with Gasteiger partial charge >= 0.3 is 0 Å². The zero-order valence-electron chi connectivity index (χ0n) is 11.1. The maximum Gasteiger partial charge on any atom is 0.239 e. The summed E-state index contributed by atoms with van der Waals surface area (Å²) in [6.07, 6.45) is 3.00. The Morgan fingerprint density at radius 1 is 1.26 bits per heavy atom. The summed E-state index contributed by atoms with van der Waals surface area (Å²) >= 11 is 6.22. The number of anilines is 1. The van der Waals surface area contributed by atoms with Gasteiger partial charge < -0.3 is 10.5 Å². The van der Waals surface area contributed by atoms with Crippen molar-refractivity contribution in [2.24, 2.45) is 0 Å². The zero-order chi connectivity index (χ0) is 14.0. The lowest BCUT2D eigenvalue weighted by atomic mass is 10.0. The molecule has 0 saturated carbocycles. The third-order valence-corrected chi connectivity index (χ3v) is 3.09. The average molecular weight is 278 g/mol. The van der Waals surface area contributed by atoms with Gasteiger partial charge in [0.25, 0.3) is 0 Å². The number of aryl methyl sites for hydroxylation is 1. The molecule has 0 atom stereocenters. The fourth-order valence-electron chi connectivity index (χ4n) is 1.75. The van der Waals surface area contributed by atoms with Crippen molar-refractivity contribution in [3.63, 3.8) is 0 Å². The molecular weight excluding hydrogens is 262 g/mol. The Bertz CT molecular complexity index is 599. The van der Waals surface area contributed by atoms with Gasteiger partial charge in [-0.1, -0.05) is 25.4 Å². The first-order valence-electron chi connectivity index (χ1n) is 6.02. The highest BCUT2D eigenvalue weighted by Gasteiger charge is 2.11. The standard InChI is InChI=1S/C14H16ClN3O/c1-8(2)10-5-12(9(3)4-11(10)15)19-14-7-17-6-13(16)18-14/h4-8H,1-3H3,(H2,16,18). The van der Waals surface area contributed by atoms with Crippen molar-refractivity contribution in [3.05, 3.63) is 40.7 Å². The quantitative estimate of drug-likeness (QED) is 0.923. The Hall–Kier alpha value is -1.81. The summed E-state index contributed by atoms with van der Waals surface area (Å²) in [6, 6.07) is 3.83. The molecule has 0 radical (unpaired) electrons. The summed E-state index contributed by atoms with van der Waals surface area (Å²) in [7, 11) is 0. The van der Waals surface area contributed by atoms with E-state index in [-0.39, 0.29) is 0 Å². The minimum atomic E-state index is 0.322. The average Bonchev–Trinajstić information content (AvgIpc) is 2.32. The second kappa shape index (κ2) is 5.45. The molecule has 0 aliphatic rings. The SMILES string of the molecule is Cc1cc(Cl)c(C(C)C)cc1Oc1cncc(N)n1. The molecular formula is C14H16ClN3O. The molecule has 0 aliphatic carbocycles. The molecule has 0 fully saturated rings. The third-order valence-electron chi connectivity index (χ3n) is 2.76. The Kier molecular flexibility index (Phi) is 3.90. The van der Waals surface area contributed by atoms with Crippen LogP contribution >= 0.6 is 11.6 Å². The normalized spacial score (nSPS) is 10.8. The van der Waals surface area contributed by atoms with Crippen LogP contribution in [0.25, 0.3) is 0 Å². The predicted molar refractivity (Wildman–Crippen MR) is 76.8 cm³/mol. The van der Waals surface area contributed by atoms with E-state index >= 15 is 0 Å². The Balaban J connectivity index is 2.37. The first-order valence-corrected chi connectivity index (χ1v) is 6.40. The monoisotopic (exact) mass is 277 g/mol. The van der Waals surface area contributed by atoms with Crippen molar-refractivity contribution in [1.29, 1.82) is 0 Å². The summed E-state index contributed by atoms with van der Waals surface area (Å²) in [4.78, 5) is 8.01. The van der Waals surface area contributed by atoms with Crippen molar-refractivity contribution in [2.75, 3.05) is 5.73 Å². The van der Waals surface area contributed by atoms with E-state index in [0.717, 1.165) is 16.1 Å². The number of ether oxygens (including phenoxy) is 1. The second-order valence-electron chi connectivity index (χ2n) is 4.68. The zero-order valence-corrected chi connectivity index (χ0v) is 11.9. The highest BCUT2D eigenvalue weighted by molar-refractivity contribution is 6.31. The highest BCUT2D eigenvalue weighted by Crippen LogP contribution is 2.33. The smallest absolute Gasteiger partial charge is 0.239 e. The maximum atomic E-state index is 6.22. The number of nitrogens with zero attached hydrogens (tertiary/aromatic N) is 2. The molecule has 1 aromatic heterocycles. The highest BCUT2D eigenvalue weighted by atomic mass is 35.5. The molecule has 0 saturated heterocycles. The molecule has 5 heteroatoms. The summed E-state index contributed by atoms with van der Waals surface area (Å²) < 4.78 is 5.72. The molecule has 0 bridgehead atoms. The van der Waals surface area contributed by atoms with Gasteiger partial charge in [0, 0.05) is 5.02 Å². The minimum absolute atomic E-state index is 0.322. The van der Waals surface area contributed by atoms with E-state index < -0.39 is 0 Å². The lowest BCUT2D eigenvalue weighted by Gasteiger charge is -2.13. The van der Waals surface area contributed by atoms with Gasteiger partial charge in [0.05, 0.1) is 12.4 Å². The number of nitrogens with two attached hydrogens (primary N) is 1. The van der Waals surface area contributed by atoms with Crippen LogP contribution in [0, 0.1) is 6.92 Å². The van der Waals surface area contributed by atoms with E-state index in [1.54, 1.807) is 0 Å². The van der Waals surface area contributed by atoms with Gasteiger partial charge in [-0.3, -0.25) is 4.98 Å². The van der Waals surface area contributed by atoms with Crippen LogP contribution in [0.15, 0.2) is 24.5 Å². The Labute approximate surface area is 117 Å². The van der Waals surface area contributed by atoms with Gasteiger partial charge in [0.2, 0.25) is 5.88 Å². The van der Waals surface area contributed by atoms with Crippen LogP contribution in [0.1, 0.15) is 30.9 Å². The number of rotatable bonds is 3. The van der Waals surface area contributed by atoms with Gasteiger partial charge in [-0.2, -0.15) is 4.98 Å². The predicted octanol–water partition coefficient (Wildman–Crippen LogP) is 3.94. The van der Waals surface area contributed by atoms with Gasteiger partial charge in [-0.15, -0.1) is 0 Å². The van der Waals surface area contributed by atoms with Crippen LogP contribution in [0.2, 0.25) is 5.02 Å². The molecule has 100 valence electrons. The molecule has 0 amide bonds. The van der Waals surface area contributed by atoms with Crippen LogP contribution in [-0.4, -0.2) is 9.97 Å². The van der Waals surface area contributed by atoms with E-state index in [1.807, 2.05) is 19.1 Å². The van der Waals surface area contributed by atoms with Crippen LogP contribution < -0.4 is 10.5 Å². The van der Waals surface area contributed by atoms with E-state index in [9.17, 15) is 0 Å². The number of hydrogen-bond donors (Lipinski definition) is 1. The maximum absolute atomic E-state index is 6.22. The fourth-order valence-corrected chi connectivity index (χ4v) is 2.18. The summed E-state index contributed by atoms with van der Waals surface area (Å²) in [6.45, 7) is 6.10. The molecule has 2 aromatic rings. The van der Waals surface area contributed by atoms with E-state index in [0.29, 0.717) is 23.4 Å². The number of aromatic nitrogens is 2. The van der Waals surface area contributed by atoms with Gasteiger partial charge in [-0.25, -0.2) is 0 Å². The lowest BCUT2D eigenvalue weighted by molar-refractivity contribution is 0.456. The molecule has 2 N–H and O–H groups in total. The first kappa shape index (κ1) is 13.6.